The van der Waals surface area contributed by atoms with Crippen LogP contribution in [-0.4, -0.2) is 6.54 Å². The fraction of sp³-hybridized carbons (Fsp3) is 0.125. The molecule has 2 heteroatoms. The van der Waals surface area contributed by atoms with Crippen molar-refractivity contribution in [2.45, 2.75) is 16.2 Å². The van der Waals surface area contributed by atoms with Crippen molar-refractivity contribution >= 4 is 23.1 Å². The summed E-state index contributed by atoms with van der Waals surface area (Å²) in [6.45, 7) is 0.866. The summed E-state index contributed by atoms with van der Waals surface area (Å²) in [4.78, 5) is 4.92. The maximum Gasteiger partial charge on any atom is 0.0553 e. The molecule has 0 aromatic heterocycles. The maximum absolute atomic E-state index is 5.40. The molecule has 0 saturated heterocycles. The normalized spacial score (nSPS) is 12.5. The summed E-state index contributed by atoms with van der Waals surface area (Å²) in [5, 5.41) is 0. The van der Waals surface area contributed by atoms with E-state index in [1.54, 1.807) is 0 Å². The predicted octanol–water partition coefficient (Wildman–Crippen LogP) is 4.31. The minimum atomic E-state index is 0.757. The van der Waals surface area contributed by atoms with E-state index in [0.717, 1.165) is 13.0 Å². The second-order valence-electron chi connectivity index (χ2n) is 4.14. The van der Waals surface area contributed by atoms with Gasteiger partial charge < -0.3 is 4.90 Å². The molecule has 0 bridgehead atoms. The number of nitrogens with zero attached hydrogens (tertiary/aromatic N) is 1. The van der Waals surface area contributed by atoms with Crippen LogP contribution in [0.5, 0.6) is 0 Å². The van der Waals surface area contributed by atoms with E-state index < -0.39 is 0 Å². The third kappa shape index (κ3) is 1.87. The molecule has 2 aromatic rings. The van der Waals surface area contributed by atoms with Crippen molar-refractivity contribution in [3.63, 3.8) is 0 Å². The largest absolute Gasteiger partial charge is 0.339 e. The van der Waals surface area contributed by atoms with E-state index in [4.69, 9.17) is 6.42 Å². The first-order chi connectivity index (χ1) is 8.90. The molecular weight excluding hydrogens is 238 g/mol. The minimum Gasteiger partial charge on any atom is -0.339 e. The minimum absolute atomic E-state index is 0.757. The summed E-state index contributed by atoms with van der Waals surface area (Å²) < 4.78 is 0. The average Bonchev–Trinajstić information content (AvgIpc) is 2.43. The van der Waals surface area contributed by atoms with E-state index in [1.165, 1.54) is 21.2 Å². The van der Waals surface area contributed by atoms with Crippen LogP contribution in [0.2, 0.25) is 0 Å². The van der Waals surface area contributed by atoms with Gasteiger partial charge in [-0.3, -0.25) is 0 Å². The average molecular weight is 251 g/mol. The van der Waals surface area contributed by atoms with E-state index in [9.17, 15) is 0 Å². The summed E-state index contributed by atoms with van der Waals surface area (Å²) in [5.74, 6) is 2.73. The zero-order chi connectivity index (χ0) is 12.4. The Morgan fingerprint density at radius 2 is 1.50 bits per heavy atom. The van der Waals surface area contributed by atoms with Crippen LogP contribution in [-0.2, 0) is 0 Å². The van der Waals surface area contributed by atoms with Crippen LogP contribution < -0.4 is 4.90 Å². The number of hydrogen-bond acceptors (Lipinski definition) is 2. The number of fused-ring (bicyclic) bond motifs is 2. The molecule has 88 valence electrons. The standard InChI is InChI=1S/C16H13NS/c1-2-3-12-17-13-8-4-6-10-15(13)18-16-11-7-5-9-14(16)17/h1,4-11H,3,12H2. The van der Waals surface area contributed by atoms with E-state index >= 15 is 0 Å². The molecule has 0 aliphatic carbocycles. The zero-order valence-electron chi connectivity index (χ0n) is 9.97. The van der Waals surface area contributed by atoms with Gasteiger partial charge in [0.15, 0.2) is 0 Å². The fourth-order valence-electron chi connectivity index (χ4n) is 2.20. The second kappa shape index (κ2) is 4.80. The van der Waals surface area contributed by atoms with Crippen molar-refractivity contribution in [2.75, 3.05) is 11.4 Å². The molecule has 0 spiro atoms. The van der Waals surface area contributed by atoms with Crippen molar-refractivity contribution in [3.05, 3.63) is 48.5 Å². The molecule has 0 radical (unpaired) electrons. The maximum atomic E-state index is 5.40. The molecule has 1 nitrogen and oxygen atoms in total. The third-order valence-corrected chi connectivity index (χ3v) is 4.14. The molecule has 0 N–H and O–H groups in total. The summed E-state index contributed by atoms with van der Waals surface area (Å²) >= 11 is 1.83. The van der Waals surface area contributed by atoms with Crippen LogP contribution in [0.1, 0.15) is 6.42 Å². The van der Waals surface area contributed by atoms with E-state index in [-0.39, 0.29) is 0 Å². The quantitative estimate of drug-likeness (QED) is 0.732. The Hall–Kier alpha value is -1.85. The summed E-state index contributed by atoms with van der Waals surface area (Å²) in [6, 6.07) is 17.0. The Morgan fingerprint density at radius 3 is 2.06 bits per heavy atom. The molecule has 1 heterocycles. The van der Waals surface area contributed by atoms with Gasteiger partial charge in [0.05, 0.1) is 11.4 Å². The van der Waals surface area contributed by atoms with Gasteiger partial charge in [0.2, 0.25) is 0 Å². The molecule has 18 heavy (non-hydrogen) atoms. The van der Waals surface area contributed by atoms with E-state index in [2.05, 4.69) is 59.4 Å². The van der Waals surface area contributed by atoms with Crippen LogP contribution in [0.3, 0.4) is 0 Å². The lowest BCUT2D eigenvalue weighted by Crippen LogP contribution is -2.21. The fourth-order valence-corrected chi connectivity index (χ4v) is 3.29. The first-order valence-electron chi connectivity index (χ1n) is 5.97. The van der Waals surface area contributed by atoms with Gasteiger partial charge in [-0.25, -0.2) is 0 Å². The van der Waals surface area contributed by atoms with E-state index in [0.29, 0.717) is 0 Å². The third-order valence-electron chi connectivity index (χ3n) is 3.01. The van der Waals surface area contributed by atoms with Gasteiger partial charge in [-0.15, -0.1) is 12.3 Å². The second-order valence-corrected chi connectivity index (χ2v) is 5.23. The summed E-state index contributed by atoms with van der Waals surface area (Å²) in [5.41, 5.74) is 2.52. The van der Waals surface area contributed by atoms with Gasteiger partial charge in [0.25, 0.3) is 0 Å². The Morgan fingerprint density at radius 1 is 0.944 bits per heavy atom. The first kappa shape index (κ1) is 11.3. The highest BCUT2D eigenvalue weighted by atomic mass is 32.2. The van der Waals surface area contributed by atoms with Crippen molar-refractivity contribution in [3.8, 4) is 12.3 Å². The molecule has 0 atom stereocenters. The van der Waals surface area contributed by atoms with Gasteiger partial charge in [0, 0.05) is 22.8 Å². The number of rotatable bonds is 2. The monoisotopic (exact) mass is 251 g/mol. The highest BCUT2D eigenvalue weighted by Crippen LogP contribution is 2.47. The SMILES string of the molecule is C#CCCN1c2ccccc2Sc2ccccc21. The molecular formula is C16H13NS. The smallest absolute Gasteiger partial charge is 0.0553 e. The van der Waals surface area contributed by atoms with Gasteiger partial charge in [-0.1, -0.05) is 36.0 Å². The topological polar surface area (TPSA) is 3.24 Å². The molecule has 3 rings (SSSR count). The lowest BCUT2D eigenvalue weighted by atomic mass is 10.2. The molecule has 0 saturated carbocycles. The number of para-hydroxylation sites is 2. The van der Waals surface area contributed by atoms with Crippen LogP contribution in [0.15, 0.2) is 58.3 Å². The van der Waals surface area contributed by atoms with Gasteiger partial charge >= 0.3 is 0 Å². The van der Waals surface area contributed by atoms with Crippen LogP contribution >= 0.6 is 11.8 Å². The summed E-state index contributed by atoms with van der Waals surface area (Å²) in [7, 11) is 0. The molecule has 0 fully saturated rings. The summed E-state index contributed by atoms with van der Waals surface area (Å²) in [6.07, 6.45) is 6.16. The molecule has 2 aromatic carbocycles. The van der Waals surface area contributed by atoms with E-state index in [1.807, 2.05) is 11.8 Å². The van der Waals surface area contributed by atoms with Gasteiger partial charge in [-0.05, 0) is 24.3 Å². The van der Waals surface area contributed by atoms with Crippen molar-refractivity contribution in [1.29, 1.82) is 0 Å². The number of hydrogen-bond donors (Lipinski definition) is 0. The van der Waals surface area contributed by atoms with Gasteiger partial charge in [-0.2, -0.15) is 0 Å². The lowest BCUT2D eigenvalue weighted by Gasteiger charge is -2.32. The van der Waals surface area contributed by atoms with Crippen molar-refractivity contribution in [1.82, 2.24) is 0 Å². The first-order valence-corrected chi connectivity index (χ1v) is 6.79. The Bertz CT molecular complexity index is 567. The highest BCUT2D eigenvalue weighted by molar-refractivity contribution is 7.99. The zero-order valence-corrected chi connectivity index (χ0v) is 10.8. The van der Waals surface area contributed by atoms with Crippen molar-refractivity contribution < 1.29 is 0 Å². The highest BCUT2D eigenvalue weighted by Gasteiger charge is 2.21. The predicted molar refractivity (Wildman–Crippen MR) is 77.5 cm³/mol. The van der Waals surface area contributed by atoms with Crippen LogP contribution in [0, 0.1) is 12.3 Å². The van der Waals surface area contributed by atoms with Crippen LogP contribution in [0.4, 0.5) is 11.4 Å². The number of anilines is 2. The molecule has 1 aliphatic rings. The Labute approximate surface area is 112 Å². The Kier molecular flexibility index (Phi) is 3.00. The van der Waals surface area contributed by atoms with Gasteiger partial charge in [0.1, 0.15) is 0 Å². The Balaban J connectivity index is 2.09. The molecule has 1 aliphatic heterocycles. The molecule has 0 unspecified atom stereocenters. The number of benzene rings is 2. The molecule has 0 amide bonds. The van der Waals surface area contributed by atoms with Crippen molar-refractivity contribution in [2.24, 2.45) is 0 Å². The number of terminal acetylenes is 1. The van der Waals surface area contributed by atoms with Crippen LogP contribution in [0.25, 0.3) is 0 Å². The lowest BCUT2D eigenvalue weighted by molar-refractivity contribution is 0.927.